The second-order valence-electron chi connectivity index (χ2n) is 5.79. The van der Waals surface area contributed by atoms with Crippen molar-refractivity contribution in [2.24, 2.45) is 0 Å². The molecule has 0 spiro atoms. The van der Waals surface area contributed by atoms with Crippen molar-refractivity contribution >= 4 is 5.95 Å². The predicted octanol–water partition coefficient (Wildman–Crippen LogP) is 3.00. The molecule has 2 aromatic rings. The predicted molar refractivity (Wildman–Crippen MR) is 90.7 cm³/mol. The van der Waals surface area contributed by atoms with E-state index in [-0.39, 0.29) is 6.10 Å². The van der Waals surface area contributed by atoms with Gasteiger partial charge in [0.2, 0.25) is 5.95 Å². The highest BCUT2D eigenvalue weighted by molar-refractivity contribution is 5.61. The van der Waals surface area contributed by atoms with Gasteiger partial charge in [0, 0.05) is 31.5 Å². The van der Waals surface area contributed by atoms with E-state index in [0.29, 0.717) is 0 Å². The van der Waals surface area contributed by atoms with Gasteiger partial charge in [-0.3, -0.25) is 0 Å². The standard InChI is InChI=1S/C18H23N3O2/c1-13-12-17(16-6-4-15(5-7-16)14(2)22-3)20-18(19-13)21-8-10-23-11-9-21/h4-7,12,14H,8-11H2,1-3H3. The minimum absolute atomic E-state index is 0.0973. The maximum absolute atomic E-state index is 5.40. The van der Waals surface area contributed by atoms with Crippen LogP contribution in [0.5, 0.6) is 0 Å². The smallest absolute Gasteiger partial charge is 0.226 e. The molecule has 0 N–H and O–H groups in total. The van der Waals surface area contributed by atoms with Crippen LogP contribution in [0.4, 0.5) is 5.95 Å². The molecule has 0 bridgehead atoms. The van der Waals surface area contributed by atoms with Crippen LogP contribution in [0.2, 0.25) is 0 Å². The van der Waals surface area contributed by atoms with Crippen LogP contribution in [0, 0.1) is 6.92 Å². The quantitative estimate of drug-likeness (QED) is 0.868. The van der Waals surface area contributed by atoms with Crippen LogP contribution in [0.15, 0.2) is 30.3 Å². The molecule has 1 unspecified atom stereocenters. The van der Waals surface area contributed by atoms with Crippen molar-refractivity contribution in [2.45, 2.75) is 20.0 Å². The maximum Gasteiger partial charge on any atom is 0.226 e. The molecule has 5 nitrogen and oxygen atoms in total. The highest BCUT2D eigenvalue weighted by Crippen LogP contribution is 2.24. The van der Waals surface area contributed by atoms with Gasteiger partial charge in [-0.1, -0.05) is 24.3 Å². The average Bonchev–Trinajstić information content (AvgIpc) is 2.61. The summed E-state index contributed by atoms with van der Waals surface area (Å²) in [4.78, 5) is 11.5. The molecule has 0 radical (unpaired) electrons. The molecule has 1 saturated heterocycles. The molecule has 1 aromatic carbocycles. The number of morpholine rings is 1. The molecule has 1 fully saturated rings. The summed E-state index contributed by atoms with van der Waals surface area (Å²) in [5, 5.41) is 0. The largest absolute Gasteiger partial charge is 0.378 e. The third-order valence-electron chi connectivity index (χ3n) is 4.17. The Morgan fingerprint density at radius 1 is 1.13 bits per heavy atom. The Bertz CT molecular complexity index is 652. The Morgan fingerprint density at radius 2 is 1.83 bits per heavy atom. The van der Waals surface area contributed by atoms with E-state index in [9.17, 15) is 0 Å². The Hall–Kier alpha value is -1.98. The van der Waals surface area contributed by atoms with Gasteiger partial charge in [0.05, 0.1) is 25.0 Å². The van der Waals surface area contributed by atoms with E-state index in [2.05, 4.69) is 34.1 Å². The lowest BCUT2D eigenvalue weighted by molar-refractivity contribution is 0.119. The Balaban J connectivity index is 1.88. The van der Waals surface area contributed by atoms with Crippen LogP contribution < -0.4 is 4.90 Å². The van der Waals surface area contributed by atoms with E-state index in [1.807, 2.05) is 19.9 Å². The van der Waals surface area contributed by atoms with E-state index < -0.39 is 0 Å². The first-order valence-corrected chi connectivity index (χ1v) is 7.99. The van der Waals surface area contributed by atoms with E-state index >= 15 is 0 Å². The minimum Gasteiger partial charge on any atom is -0.378 e. The highest BCUT2D eigenvalue weighted by Gasteiger charge is 2.15. The lowest BCUT2D eigenvalue weighted by Gasteiger charge is -2.27. The number of ether oxygens (including phenoxy) is 2. The normalized spacial score (nSPS) is 16.4. The first-order chi connectivity index (χ1) is 11.2. The van der Waals surface area contributed by atoms with Crippen LogP contribution >= 0.6 is 0 Å². The van der Waals surface area contributed by atoms with Crippen molar-refractivity contribution in [3.05, 3.63) is 41.6 Å². The summed E-state index contributed by atoms with van der Waals surface area (Å²) in [6, 6.07) is 10.4. The molecule has 1 atom stereocenters. The number of hydrogen-bond acceptors (Lipinski definition) is 5. The number of anilines is 1. The summed E-state index contributed by atoms with van der Waals surface area (Å²) in [7, 11) is 1.72. The van der Waals surface area contributed by atoms with Crippen LogP contribution in [0.25, 0.3) is 11.3 Å². The number of hydrogen-bond donors (Lipinski definition) is 0. The topological polar surface area (TPSA) is 47.5 Å². The monoisotopic (exact) mass is 313 g/mol. The van der Waals surface area contributed by atoms with Crippen LogP contribution in [0.3, 0.4) is 0 Å². The van der Waals surface area contributed by atoms with E-state index in [1.165, 1.54) is 0 Å². The molecule has 23 heavy (non-hydrogen) atoms. The van der Waals surface area contributed by atoms with Crippen molar-refractivity contribution < 1.29 is 9.47 Å². The fraction of sp³-hybridized carbons (Fsp3) is 0.444. The van der Waals surface area contributed by atoms with Crippen molar-refractivity contribution in [3.63, 3.8) is 0 Å². The van der Waals surface area contributed by atoms with Gasteiger partial charge in [0.15, 0.2) is 0 Å². The average molecular weight is 313 g/mol. The van der Waals surface area contributed by atoms with Crippen molar-refractivity contribution in [2.75, 3.05) is 38.3 Å². The summed E-state index contributed by atoms with van der Waals surface area (Å²) >= 11 is 0. The van der Waals surface area contributed by atoms with Gasteiger partial charge in [-0.2, -0.15) is 0 Å². The number of nitrogens with zero attached hydrogens (tertiary/aromatic N) is 3. The highest BCUT2D eigenvalue weighted by atomic mass is 16.5. The fourth-order valence-corrected chi connectivity index (χ4v) is 2.67. The lowest BCUT2D eigenvalue weighted by atomic mass is 10.1. The summed E-state index contributed by atoms with van der Waals surface area (Å²) in [6.45, 7) is 7.20. The SMILES string of the molecule is COC(C)c1ccc(-c2cc(C)nc(N3CCOCC3)n2)cc1. The molecular formula is C18H23N3O2. The van der Waals surface area contributed by atoms with Gasteiger partial charge in [-0.15, -0.1) is 0 Å². The second kappa shape index (κ2) is 7.06. The van der Waals surface area contributed by atoms with Crippen molar-refractivity contribution in [1.29, 1.82) is 0 Å². The van der Waals surface area contributed by atoms with Crippen LogP contribution in [-0.2, 0) is 9.47 Å². The van der Waals surface area contributed by atoms with Gasteiger partial charge in [-0.05, 0) is 25.5 Å². The van der Waals surface area contributed by atoms with Gasteiger partial charge < -0.3 is 14.4 Å². The third kappa shape index (κ3) is 3.68. The van der Waals surface area contributed by atoms with E-state index in [1.54, 1.807) is 7.11 Å². The zero-order valence-electron chi connectivity index (χ0n) is 14.0. The summed E-state index contributed by atoms with van der Waals surface area (Å²) in [6.07, 6.45) is 0.0973. The van der Waals surface area contributed by atoms with Crippen LogP contribution in [-0.4, -0.2) is 43.4 Å². The Kier molecular flexibility index (Phi) is 4.88. The molecule has 2 heterocycles. The molecular weight excluding hydrogens is 290 g/mol. The third-order valence-corrected chi connectivity index (χ3v) is 4.17. The maximum atomic E-state index is 5.40. The number of aryl methyl sites for hydroxylation is 1. The molecule has 5 heteroatoms. The molecule has 1 aromatic heterocycles. The number of methoxy groups -OCH3 is 1. The molecule has 0 aliphatic carbocycles. The number of rotatable bonds is 4. The van der Waals surface area contributed by atoms with Crippen molar-refractivity contribution in [3.8, 4) is 11.3 Å². The molecule has 1 aliphatic rings. The van der Waals surface area contributed by atoms with Crippen LogP contribution in [0.1, 0.15) is 24.3 Å². The summed E-state index contributed by atoms with van der Waals surface area (Å²) in [5.41, 5.74) is 4.19. The molecule has 1 aliphatic heterocycles. The van der Waals surface area contributed by atoms with E-state index in [0.717, 1.165) is 54.8 Å². The minimum atomic E-state index is 0.0973. The molecule has 0 amide bonds. The second-order valence-corrected chi connectivity index (χ2v) is 5.79. The fourth-order valence-electron chi connectivity index (χ4n) is 2.67. The van der Waals surface area contributed by atoms with E-state index in [4.69, 9.17) is 14.5 Å². The zero-order valence-corrected chi connectivity index (χ0v) is 14.0. The Labute approximate surface area is 137 Å². The van der Waals surface area contributed by atoms with Crippen molar-refractivity contribution in [1.82, 2.24) is 9.97 Å². The Morgan fingerprint density at radius 3 is 2.48 bits per heavy atom. The summed E-state index contributed by atoms with van der Waals surface area (Å²) in [5.74, 6) is 0.789. The molecule has 122 valence electrons. The first-order valence-electron chi connectivity index (χ1n) is 7.99. The lowest BCUT2D eigenvalue weighted by Crippen LogP contribution is -2.37. The zero-order chi connectivity index (χ0) is 16.2. The molecule has 3 rings (SSSR count). The molecule has 0 saturated carbocycles. The van der Waals surface area contributed by atoms with Gasteiger partial charge in [0.25, 0.3) is 0 Å². The number of benzene rings is 1. The van der Waals surface area contributed by atoms with Gasteiger partial charge in [0.1, 0.15) is 0 Å². The summed E-state index contributed by atoms with van der Waals surface area (Å²) < 4.78 is 10.8. The van der Waals surface area contributed by atoms with Gasteiger partial charge in [-0.25, -0.2) is 9.97 Å². The first kappa shape index (κ1) is 15.9. The van der Waals surface area contributed by atoms with Gasteiger partial charge >= 0.3 is 0 Å². The number of aromatic nitrogens is 2.